The first-order valence-electron chi connectivity index (χ1n) is 5.55. The molecule has 0 bridgehead atoms. The van der Waals surface area contributed by atoms with E-state index in [1.54, 1.807) is 19.9 Å². The van der Waals surface area contributed by atoms with E-state index in [2.05, 4.69) is 4.72 Å². The van der Waals surface area contributed by atoms with E-state index in [-0.39, 0.29) is 16.3 Å². The molecule has 1 N–H and O–H groups in total. The molecule has 1 aromatic rings. The number of nitrogens with one attached hydrogen (secondary N) is 1. The number of sulfonamides is 1. The van der Waals surface area contributed by atoms with Crippen molar-refractivity contribution < 1.29 is 16.8 Å². The number of rotatable bonds is 4. The molecule has 8 heteroatoms. The lowest BCUT2D eigenvalue weighted by Gasteiger charge is -2.16. The van der Waals surface area contributed by atoms with Crippen LogP contribution in [0.15, 0.2) is 11.0 Å². The van der Waals surface area contributed by atoms with Crippen molar-refractivity contribution in [2.75, 3.05) is 10.5 Å². The van der Waals surface area contributed by atoms with Crippen LogP contribution >= 0.6 is 10.7 Å². The minimum Gasteiger partial charge on any atom is -0.283 e. The van der Waals surface area contributed by atoms with Gasteiger partial charge in [0.2, 0.25) is 10.0 Å². The summed E-state index contributed by atoms with van der Waals surface area (Å²) in [4.78, 5) is -0.0476. The van der Waals surface area contributed by atoms with Crippen LogP contribution in [0.25, 0.3) is 0 Å². The normalized spacial score (nSPS) is 12.5. The third kappa shape index (κ3) is 3.61. The summed E-state index contributed by atoms with van der Waals surface area (Å²) in [6.07, 6.45) is 0. The molecule has 1 rings (SSSR count). The Kier molecular flexibility index (Phi) is 4.54. The zero-order valence-electron chi connectivity index (χ0n) is 11.1. The van der Waals surface area contributed by atoms with Crippen molar-refractivity contribution >= 4 is 35.4 Å². The van der Waals surface area contributed by atoms with Crippen LogP contribution in [-0.2, 0) is 19.1 Å². The van der Waals surface area contributed by atoms with Crippen molar-refractivity contribution in [3.63, 3.8) is 0 Å². The van der Waals surface area contributed by atoms with Gasteiger partial charge in [0.15, 0.2) is 0 Å². The molecule has 0 spiro atoms. The van der Waals surface area contributed by atoms with Crippen molar-refractivity contribution in [2.45, 2.75) is 32.6 Å². The van der Waals surface area contributed by atoms with Crippen molar-refractivity contribution in [1.82, 2.24) is 0 Å². The molecule has 0 aliphatic heterocycles. The van der Waals surface area contributed by atoms with Crippen LogP contribution in [0.3, 0.4) is 0 Å². The van der Waals surface area contributed by atoms with Crippen molar-refractivity contribution in [1.29, 1.82) is 0 Å². The van der Waals surface area contributed by atoms with Gasteiger partial charge in [0.05, 0.1) is 16.3 Å². The summed E-state index contributed by atoms with van der Waals surface area (Å²) in [7, 11) is -2.02. The number of hydrogen-bond donors (Lipinski definition) is 1. The van der Waals surface area contributed by atoms with E-state index >= 15 is 0 Å². The fourth-order valence-corrected chi connectivity index (χ4v) is 4.32. The first-order chi connectivity index (χ1) is 8.49. The van der Waals surface area contributed by atoms with Crippen LogP contribution in [0.1, 0.15) is 23.6 Å². The van der Waals surface area contributed by atoms with E-state index < -0.39 is 19.1 Å². The van der Waals surface area contributed by atoms with Gasteiger partial charge in [-0.2, -0.15) is 0 Å². The summed E-state index contributed by atoms with van der Waals surface area (Å²) in [5.41, 5.74) is 1.72. The van der Waals surface area contributed by atoms with Crippen LogP contribution < -0.4 is 4.72 Å². The average molecular weight is 326 g/mol. The lowest BCUT2D eigenvalue weighted by Crippen LogP contribution is -2.17. The molecule has 0 amide bonds. The van der Waals surface area contributed by atoms with Crippen LogP contribution in [0.4, 0.5) is 5.69 Å². The average Bonchev–Trinajstić information content (AvgIpc) is 2.22. The Morgan fingerprint density at radius 2 is 1.63 bits per heavy atom. The zero-order chi connectivity index (χ0) is 15.0. The Hall–Kier alpha value is -0.790. The van der Waals surface area contributed by atoms with Gasteiger partial charge in [-0.3, -0.25) is 4.72 Å². The molecule has 1 aromatic carbocycles. The second kappa shape index (κ2) is 5.30. The quantitative estimate of drug-likeness (QED) is 0.861. The third-order valence-corrected chi connectivity index (χ3v) is 5.64. The van der Waals surface area contributed by atoms with Crippen molar-refractivity contribution in [2.24, 2.45) is 0 Å². The Morgan fingerprint density at radius 1 is 1.11 bits per heavy atom. The standard InChI is InChI=1S/C11H16ClNO4S2/c1-5-18(14,15)13-10-7(2)6-8(3)11(9(10)4)19(12,16)17/h6,13H,5H2,1-4H3. The van der Waals surface area contributed by atoms with Crippen molar-refractivity contribution in [3.05, 3.63) is 22.8 Å². The minimum absolute atomic E-state index is 0.0476. The molecule has 0 atom stereocenters. The van der Waals surface area contributed by atoms with E-state index in [1.165, 1.54) is 13.8 Å². The molecule has 0 aliphatic carbocycles. The lowest BCUT2D eigenvalue weighted by molar-refractivity contribution is 0.601. The molecule has 0 aromatic heterocycles. The molecule has 0 aliphatic rings. The summed E-state index contributed by atoms with van der Waals surface area (Å²) < 4.78 is 48.8. The van der Waals surface area contributed by atoms with E-state index in [9.17, 15) is 16.8 Å². The Bertz CT molecular complexity index is 709. The van der Waals surface area contributed by atoms with Crippen LogP contribution in [-0.4, -0.2) is 22.6 Å². The molecular weight excluding hydrogens is 310 g/mol. The summed E-state index contributed by atoms with van der Waals surface area (Å²) in [6.45, 7) is 6.36. The number of halogens is 1. The lowest BCUT2D eigenvalue weighted by atomic mass is 10.1. The molecule has 5 nitrogen and oxygen atoms in total. The van der Waals surface area contributed by atoms with Gasteiger partial charge in [-0.25, -0.2) is 16.8 Å². The van der Waals surface area contributed by atoms with E-state index in [1.807, 2.05) is 0 Å². The van der Waals surface area contributed by atoms with Gasteiger partial charge in [0.1, 0.15) is 0 Å². The van der Waals surface area contributed by atoms with Gasteiger partial charge >= 0.3 is 0 Å². The SMILES string of the molecule is CCS(=O)(=O)Nc1c(C)cc(C)c(S(=O)(=O)Cl)c1C. The summed E-state index contributed by atoms with van der Waals surface area (Å²) in [5.74, 6) is -0.0945. The van der Waals surface area contributed by atoms with Crippen LogP contribution in [0.5, 0.6) is 0 Å². The predicted octanol–water partition coefficient (Wildman–Crippen LogP) is 2.30. The largest absolute Gasteiger partial charge is 0.283 e. The highest BCUT2D eigenvalue weighted by atomic mass is 35.7. The smallest absolute Gasteiger partial charge is 0.261 e. The maximum atomic E-state index is 11.6. The zero-order valence-corrected chi connectivity index (χ0v) is 13.5. The first kappa shape index (κ1) is 16.3. The second-order valence-corrected chi connectivity index (χ2v) is 8.80. The molecular formula is C11H16ClNO4S2. The molecule has 0 saturated heterocycles. The van der Waals surface area contributed by atoms with Gasteiger partial charge < -0.3 is 0 Å². The third-order valence-electron chi connectivity index (χ3n) is 2.78. The number of hydrogen-bond acceptors (Lipinski definition) is 4. The first-order valence-corrected chi connectivity index (χ1v) is 9.51. The minimum atomic E-state index is -3.93. The molecule has 19 heavy (non-hydrogen) atoms. The monoisotopic (exact) mass is 325 g/mol. The van der Waals surface area contributed by atoms with Gasteiger partial charge in [0.25, 0.3) is 9.05 Å². The van der Waals surface area contributed by atoms with Gasteiger partial charge in [-0.15, -0.1) is 0 Å². The van der Waals surface area contributed by atoms with Crippen LogP contribution in [0.2, 0.25) is 0 Å². The fraction of sp³-hybridized carbons (Fsp3) is 0.455. The Morgan fingerprint density at radius 3 is 2.05 bits per heavy atom. The summed E-state index contributed by atoms with van der Waals surface area (Å²) in [6, 6.07) is 1.59. The maximum Gasteiger partial charge on any atom is 0.261 e. The molecule has 0 unspecified atom stereocenters. The highest BCUT2D eigenvalue weighted by Crippen LogP contribution is 2.32. The highest BCUT2D eigenvalue weighted by molar-refractivity contribution is 8.13. The maximum absolute atomic E-state index is 11.6. The number of anilines is 1. The molecule has 0 fully saturated rings. The van der Waals surface area contributed by atoms with Gasteiger partial charge in [0, 0.05) is 10.7 Å². The summed E-state index contributed by atoms with van der Waals surface area (Å²) in [5, 5.41) is 0. The number of aryl methyl sites for hydroxylation is 2. The molecule has 0 heterocycles. The van der Waals surface area contributed by atoms with Gasteiger partial charge in [-0.05, 0) is 44.4 Å². The van der Waals surface area contributed by atoms with E-state index in [0.717, 1.165) is 0 Å². The predicted molar refractivity (Wildman–Crippen MR) is 76.8 cm³/mol. The molecule has 0 radical (unpaired) electrons. The van der Waals surface area contributed by atoms with E-state index in [4.69, 9.17) is 10.7 Å². The highest BCUT2D eigenvalue weighted by Gasteiger charge is 2.22. The van der Waals surface area contributed by atoms with Crippen molar-refractivity contribution in [3.8, 4) is 0 Å². The molecule has 0 saturated carbocycles. The van der Waals surface area contributed by atoms with E-state index in [0.29, 0.717) is 16.7 Å². The molecule has 108 valence electrons. The number of benzene rings is 1. The van der Waals surface area contributed by atoms with Crippen LogP contribution in [0, 0.1) is 20.8 Å². The summed E-state index contributed by atoms with van der Waals surface area (Å²) >= 11 is 0. The topological polar surface area (TPSA) is 80.3 Å². The second-order valence-electron chi connectivity index (χ2n) is 4.28. The Balaban J connectivity index is 3.60. The fourth-order valence-electron chi connectivity index (χ4n) is 1.93. The van der Waals surface area contributed by atoms with Gasteiger partial charge in [-0.1, -0.05) is 6.07 Å². The Labute approximate surface area is 118 Å².